The summed E-state index contributed by atoms with van der Waals surface area (Å²) in [5.41, 5.74) is 1.15. The molecule has 0 saturated carbocycles. The molecule has 1 aliphatic heterocycles. The molecule has 1 unspecified atom stereocenters. The van der Waals surface area contributed by atoms with Crippen LogP contribution in [0.25, 0.3) is 0 Å². The number of aromatic nitrogens is 2. The van der Waals surface area contributed by atoms with Crippen molar-refractivity contribution in [2.24, 2.45) is 0 Å². The van der Waals surface area contributed by atoms with Gasteiger partial charge < -0.3 is 10.4 Å². The van der Waals surface area contributed by atoms with Gasteiger partial charge in [0.15, 0.2) is 0 Å². The first kappa shape index (κ1) is 6.82. The lowest BCUT2D eigenvalue weighted by Gasteiger charge is -2.23. The van der Waals surface area contributed by atoms with Crippen LogP contribution in [0.2, 0.25) is 0 Å². The topological polar surface area (TPSA) is 50.1 Å². The first-order valence-corrected chi connectivity index (χ1v) is 3.76. The number of nitrogens with zero attached hydrogens (tertiary/aromatic N) is 2. The molecule has 4 heteroatoms. The van der Waals surface area contributed by atoms with Gasteiger partial charge >= 0.3 is 0 Å². The lowest BCUT2D eigenvalue weighted by molar-refractivity contribution is 0.200. The van der Waals surface area contributed by atoms with Gasteiger partial charge in [0.2, 0.25) is 0 Å². The van der Waals surface area contributed by atoms with E-state index in [4.69, 9.17) is 5.11 Å². The third-order valence-electron chi connectivity index (χ3n) is 1.99. The second-order valence-corrected chi connectivity index (χ2v) is 2.73. The molecule has 0 fully saturated rings. The van der Waals surface area contributed by atoms with Crippen molar-refractivity contribution in [3.05, 3.63) is 18.0 Å². The van der Waals surface area contributed by atoms with E-state index in [0.29, 0.717) is 0 Å². The summed E-state index contributed by atoms with van der Waals surface area (Å²) in [4.78, 5) is 0. The number of nitrogens with one attached hydrogen (secondary N) is 1. The second-order valence-electron chi connectivity index (χ2n) is 2.73. The molecule has 0 radical (unpaired) electrons. The fourth-order valence-electron chi connectivity index (χ4n) is 1.41. The number of aliphatic hydroxyl groups is 1. The monoisotopic (exact) mass is 153 g/mol. The molecule has 0 amide bonds. The average Bonchev–Trinajstić information content (AvgIpc) is 2.50. The van der Waals surface area contributed by atoms with Crippen LogP contribution in [-0.2, 0) is 6.54 Å². The summed E-state index contributed by atoms with van der Waals surface area (Å²) >= 11 is 0. The first-order valence-electron chi connectivity index (χ1n) is 3.76. The molecule has 0 aliphatic carbocycles. The maximum absolute atomic E-state index is 8.96. The Kier molecular flexibility index (Phi) is 1.63. The van der Waals surface area contributed by atoms with E-state index >= 15 is 0 Å². The van der Waals surface area contributed by atoms with Crippen LogP contribution in [0, 0.1) is 0 Å². The minimum absolute atomic E-state index is 0.119. The molecule has 2 heterocycles. The smallest absolute Gasteiger partial charge is 0.0877 e. The Bertz CT molecular complexity index is 246. The Morgan fingerprint density at radius 3 is 3.55 bits per heavy atom. The summed E-state index contributed by atoms with van der Waals surface area (Å²) < 4.78 is 1.89. The van der Waals surface area contributed by atoms with E-state index in [2.05, 4.69) is 10.4 Å². The van der Waals surface area contributed by atoms with Gasteiger partial charge in [0.1, 0.15) is 0 Å². The van der Waals surface area contributed by atoms with Crippen LogP contribution in [0.4, 0.5) is 0 Å². The molecule has 0 saturated heterocycles. The zero-order chi connectivity index (χ0) is 7.68. The van der Waals surface area contributed by atoms with Crippen molar-refractivity contribution in [1.29, 1.82) is 0 Å². The van der Waals surface area contributed by atoms with Crippen molar-refractivity contribution in [3.8, 4) is 0 Å². The molecule has 1 aromatic rings. The predicted octanol–water partition coefficient (Wildman–Crippen LogP) is -0.480. The SMILES string of the molecule is OCC1CNCc2ccnn21. The van der Waals surface area contributed by atoms with Crippen LogP contribution in [0.15, 0.2) is 12.3 Å². The van der Waals surface area contributed by atoms with Gasteiger partial charge in [-0.1, -0.05) is 0 Å². The molecular formula is C7H11N3O. The van der Waals surface area contributed by atoms with Crippen LogP contribution in [0.1, 0.15) is 11.7 Å². The van der Waals surface area contributed by atoms with E-state index in [1.165, 1.54) is 0 Å². The Morgan fingerprint density at radius 1 is 1.82 bits per heavy atom. The molecular weight excluding hydrogens is 142 g/mol. The molecule has 2 rings (SSSR count). The van der Waals surface area contributed by atoms with Crippen molar-refractivity contribution >= 4 is 0 Å². The predicted molar refractivity (Wildman–Crippen MR) is 40.1 cm³/mol. The minimum Gasteiger partial charge on any atom is -0.394 e. The zero-order valence-electron chi connectivity index (χ0n) is 6.20. The van der Waals surface area contributed by atoms with Crippen LogP contribution < -0.4 is 5.32 Å². The van der Waals surface area contributed by atoms with Gasteiger partial charge in [0, 0.05) is 19.3 Å². The lowest BCUT2D eigenvalue weighted by Crippen LogP contribution is -2.35. The third-order valence-corrected chi connectivity index (χ3v) is 1.99. The largest absolute Gasteiger partial charge is 0.394 e. The standard InChI is InChI=1S/C7H11N3O/c11-5-7-4-8-3-6-1-2-9-10(6)7/h1-2,7-8,11H,3-5H2. The Balaban J connectivity index is 2.32. The molecule has 2 N–H and O–H groups in total. The maximum atomic E-state index is 8.96. The van der Waals surface area contributed by atoms with Crippen molar-refractivity contribution in [2.75, 3.05) is 13.2 Å². The van der Waals surface area contributed by atoms with E-state index in [1.807, 2.05) is 10.7 Å². The average molecular weight is 153 g/mol. The number of aliphatic hydroxyl groups excluding tert-OH is 1. The maximum Gasteiger partial charge on any atom is 0.0877 e. The second kappa shape index (κ2) is 2.64. The van der Waals surface area contributed by atoms with E-state index in [9.17, 15) is 0 Å². The van der Waals surface area contributed by atoms with Gasteiger partial charge in [0.05, 0.1) is 18.3 Å². The lowest BCUT2D eigenvalue weighted by atomic mass is 10.2. The first-order chi connectivity index (χ1) is 5.42. The fraction of sp³-hybridized carbons (Fsp3) is 0.571. The third kappa shape index (κ3) is 1.04. The highest BCUT2D eigenvalue weighted by molar-refractivity contribution is 5.04. The molecule has 1 atom stereocenters. The van der Waals surface area contributed by atoms with Gasteiger partial charge in [-0.25, -0.2) is 0 Å². The van der Waals surface area contributed by atoms with E-state index in [1.54, 1.807) is 6.20 Å². The van der Waals surface area contributed by atoms with E-state index < -0.39 is 0 Å². The van der Waals surface area contributed by atoms with Gasteiger partial charge in [-0.3, -0.25) is 4.68 Å². The van der Waals surface area contributed by atoms with Crippen LogP contribution >= 0.6 is 0 Å². The number of hydrogen-bond acceptors (Lipinski definition) is 3. The van der Waals surface area contributed by atoms with Gasteiger partial charge in [-0.05, 0) is 6.07 Å². The summed E-state index contributed by atoms with van der Waals surface area (Å²) in [7, 11) is 0. The highest BCUT2D eigenvalue weighted by atomic mass is 16.3. The quantitative estimate of drug-likeness (QED) is 0.573. The molecule has 0 aromatic carbocycles. The molecule has 1 aliphatic rings. The van der Waals surface area contributed by atoms with E-state index in [0.717, 1.165) is 18.8 Å². The highest BCUT2D eigenvalue weighted by Crippen LogP contribution is 2.12. The molecule has 60 valence electrons. The number of hydrogen-bond donors (Lipinski definition) is 2. The minimum atomic E-state index is 0.119. The summed E-state index contributed by atoms with van der Waals surface area (Å²) in [6.45, 7) is 1.82. The highest BCUT2D eigenvalue weighted by Gasteiger charge is 2.17. The Morgan fingerprint density at radius 2 is 2.73 bits per heavy atom. The summed E-state index contributed by atoms with van der Waals surface area (Å²) in [5, 5.41) is 16.3. The molecule has 0 spiro atoms. The van der Waals surface area contributed by atoms with Crippen LogP contribution in [0.5, 0.6) is 0 Å². The molecule has 1 aromatic heterocycles. The molecule has 0 bridgehead atoms. The summed E-state index contributed by atoms with van der Waals surface area (Å²) in [5.74, 6) is 0. The Hall–Kier alpha value is -0.870. The van der Waals surface area contributed by atoms with Crippen molar-refractivity contribution in [1.82, 2.24) is 15.1 Å². The van der Waals surface area contributed by atoms with Crippen molar-refractivity contribution in [2.45, 2.75) is 12.6 Å². The summed E-state index contributed by atoms with van der Waals surface area (Å²) in [6.07, 6.45) is 1.77. The van der Waals surface area contributed by atoms with Gasteiger partial charge in [-0.2, -0.15) is 5.10 Å². The fourth-order valence-corrected chi connectivity index (χ4v) is 1.41. The normalized spacial score (nSPS) is 23.2. The van der Waals surface area contributed by atoms with Crippen LogP contribution in [0.3, 0.4) is 0 Å². The Labute approximate surface area is 64.8 Å². The van der Waals surface area contributed by atoms with Gasteiger partial charge in [-0.15, -0.1) is 0 Å². The van der Waals surface area contributed by atoms with Crippen molar-refractivity contribution < 1.29 is 5.11 Å². The van der Waals surface area contributed by atoms with Crippen LogP contribution in [-0.4, -0.2) is 28.0 Å². The molecule has 11 heavy (non-hydrogen) atoms. The van der Waals surface area contributed by atoms with Gasteiger partial charge in [0.25, 0.3) is 0 Å². The summed E-state index contributed by atoms with van der Waals surface area (Å²) in [6, 6.07) is 2.09. The van der Waals surface area contributed by atoms with E-state index in [-0.39, 0.29) is 12.6 Å². The molecule has 4 nitrogen and oxygen atoms in total. The number of rotatable bonds is 1. The zero-order valence-corrected chi connectivity index (χ0v) is 6.20. The van der Waals surface area contributed by atoms with Crippen molar-refractivity contribution in [3.63, 3.8) is 0 Å². The number of fused-ring (bicyclic) bond motifs is 1.